The van der Waals surface area contributed by atoms with Gasteiger partial charge in [0, 0.05) is 12.2 Å². The molecule has 1 rings (SSSR count). The van der Waals surface area contributed by atoms with Gasteiger partial charge in [-0.15, -0.1) is 0 Å². The van der Waals surface area contributed by atoms with Crippen LogP contribution in [0.15, 0.2) is 12.4 Å². The van der Waals surface area contributed by atoms with Crippen LogP contribution >= 0.6 is 0 Å². The Labute approximate surface area is 112 Å². The van der Waals surface area contributed by atoms with Gasteiger partial charge in [0.15, 0.2) is 12.3 Å². The van der Waals surface area contributed by atoms with Crippen molar-refractivity contribution in [1.29, 1.82) is 0 Å². The molecule has 0 saturated heterocycles. The van der Waals surface area contributed by atoms with Gasteiger partial charge in [-0.1, -0.05) is 13.8 Å². The molecule has 6 nitrogen and oxygen atoms in total. The second kappa shape index (κ2) is 6.82. The van der Waals surface area contributed by atoms with Gasteiger partial charge >= 0.3 is 5.97 Å². The predicted octanol–water partition coefficient (Wildman–Crippen LogP) is 1.10. The predicted molar refractivity (Wildman–Crippen MR) is 69.5 cm³/mol. The fourth-order valence-electron chi connectivity index (χ4n) is 1.17. The van der Waals surface area contributed by atoms with Gasteiger partial charge in [-0.05, 0) is 19.8 Å². The molecule has 1 N–H and O–H groups in total. The van der Waals surface area contributed by atoms with Crippen LogP contribution in [0, 0.1) is 12.8 Å². The van der Waals surface area contributed by atoms with Crippen molar-refractivity contribution < 1.29 is 14.3 Å². The van der Waals surface area contributed by atoms with E-state index in [0.29, 0.717) is 11.6 Å². The summed E-state index contributed by atoms with van der Waals surface area (Å²) in [7, 11) is 0. The Morgan fingerprint density at radius 2 is 1.95 bits per heavy atom. The van der Waals surface area contributed by atoms with E-state index >= 15 is 0 Å². The summed E-state index contributed by atoms with van der Waals surface area (Å²) in [4.78, 5) is 30.9. The van der Waals surface area contributed by atoms with Gasteiger partial charge in [0.1, 0.15) is 0 Å². The van der Waals surface area contributed by atoms with Crippen LogP contribution < -0.4 is 5.32 Å². The Bertz CT molecular complexity index is 443. The van der Waals surface area contributed by atoms with Gasteiger partial charge in [0.25, 0.3) is 5.91 Å². The molecule has 1 aromatic rings. The highest BCUT2D eigenvalue weighted by molar-refractivity contribution is 5.89. The molecule has 0 saturated carbocycles. The molecular formula is C13H19N3O3. The van der Waals surface area contributed by atoms with Crippen molar-refractivity contribution in [3.05, 3.63) is 23.8 Å². The van der Waals surface area contributed by atoms with Gasteiger partial charge in [-0.2, -0.15) is 0 Å². The number of carbonyl (C=O) groups excluding carboxylic acids is 2. The Morgan fingerprint density at radius 3 is 2.47 bits per heavy atom. The third-order valence-electron chi connectivity index (χ3n) is 2.71. The first-order valence-electron chi connectivity index (χ1n) is 6.15. The fraction of sp³-hybridized carbons (Fsp3) is 0.538. The van der Waals surface area contributed by atoms with Crippen LogP contribution in [0.25, 0.3) is 0 Å². The van der Waals surface area contributed by atoms with Crippen molar-refractivity contribution in [1.82, 2.24) is 15.3 Å². The van der Waals surface area contributed by atoms with Crippen molar-refractivity contribution in [2.24, 2.45) is 5.92 Å². The van der Waals surface area contributed by atoms with Crippen molar-refractivity contribution in [2.75, 3.05) is 6.61 Å². The summed E-state index contributed by atoms with van der Waals surface area (Å²) in [6, 6.07) is 0.0327. The molecule has 1 atom stereocenters. The third-order valence-corrected chi connectivity index (χ3v) is 2.71. The van der Waals surface area contributed by atoms with E-state index in [1.807, 2.05) is 20.8 Å². The number of ether oxygens (including phenoxy) is 1. The quantitative estimate of drug-likeness (QED) is 0.806. The monoisotopic (exact) mass is 265 g/mol. The van der Waals surface area contributed by atoms with Crippen molar-refractivity contribution in [3.8, 4) is 0 Å². The summed E-state index contributed by atoms with van der Waals surface area (Å²) < 4.78 is 4.86. The standard InChI is InChI=1S/C13H19N3O3/c1-8(2)10(4)16-12(17)7-19-13(18)11-6-14-9(3)5-15-11/h5-6,8,10H,7H2,1-4H3,(H,16,17)/t10-/m1/s1. The number of esters is 1. The molecular weight excluding hydrogens is 246 g/mol. The first kappa shape index (κ1) is 15.1. The van der Waals surface area contributed by atoms with Gasteiger partial charge < -0.3 is 10.1 Å². The molecule has 6 heteroatoms. The number of hydrogen-bond donors (Lipinski definition) is 1. The third kappa shape index (κ3) is 5.03. The lowest BCUT2D eigenvalue weighted by Gasteiger charge is -2.17. The highest BCUT2D eigenvalue weighted by atomic mass is 16.5. The number of rotatable bonds is 5. The maximum atomic E-state index is 11.6. The molecule has 0 aliphatic rings. The summed E-state index contributed by atoms with van der Waals surface area (Å²) in [5.74, 6) is -0.655. The van der Waals surface area contributed by atoms with Crippen LogP contribution in [0.2, 0.25) is 0 Å². The highest BCUT2D eigenvalue weighted by Crippen LogP contribution is 2.00. The van der Waals surface area contributed by atoms with E-state index in [0.717, 1.165) is 0 Å². The summed E-state index contributed by atoms with van der Waals surface area (Å²) in [5, 5.41) is 2.74. The Morgan fingerprint density at radius 1 is 1.26 bits per heavy atom. The Balaban J connectivity index is 2.42. The molecule has 0 aliphatic carbocycles. The zero-order valence-electron chi connectivity index (χ0n) is 11.6. The number of aryl methyl sites for hydroxylation is 1. The van der Waals surface area contributed by atoms with E-state index in [9.17, 15) is 9.59 Å². The van der Waals surface area contributed by atoms with Crippen LogP contribution in [-0.2, 0) is 9.53 Å². The minimum absolute atomic E-state index is 0.0327. The average molecular weight is 265 g/mol. The van der Waals surface area contributed by atoms with E-state index in [2.05, 4.69) is 15.3 Å². The topological polar surface area (TPSA) is 81.2 Å². The molecule has 104 valence electrons. The number of nitrogens with zero attached hydrogens (tertiary/aromatic N) is 2. The SMILES string of the molecule is Cc1cnc(C(=O)OCC(=O)N[C@H](C)C(C)C)cn1. The molecule has 0 spiro atoms. The van der Waals surface area contributed by atoms with E-state index in [1.54, 1.807) is 6.92 Å². The van der Waals surface area contributed by atoms with Crippen LogP contribution in [0.5, 0.6) is 0 Å². The molecule has 19 heavy (non-hydrogen) atoms. The minimum Gasteiger partial charge on any atom is -0.451 e. The molecule has 1 amide bonds. The van der Waals surface area contributed by atoms with E-state index < -0.39 is 5.97 Å². The number of amides is 1. The molecule has 0 unspecified atom stereocenters. The zero-order valence-corrected chi connectivity index (χ0v) is 11.6. The van der Waals surface area contributed by atoms with Crippen LogP contribution in [0.1, 0.15) is 37.0 Å². The normalized spacial score (nSPS) is 12.1. The second-order valence-corrected chi connectivity index (χ2v) is 4.72. The van der Waals surface area contributed by atoms with Crippen LogP contribution in [-0.4, -0.2) is 34.5 Å². The molecule has 0 aliphatic heterocycles. The first-order valence-corrected chi connectivity index (χ1v) is 6.15. The van der Waals surface area contributed by atoms with Crippen LogP contribution in [0.3, 0.4) is 0 Å². The first-order chi connectivity index (χ1) is 8.90. The molecule has 1 aromatic heterocycles. The van der Waals surface area contributed by atoms with Gasteiger partial charge in [0.05, 0.1) is 11.9 Å². The minimum atomic E-state index is -0.653. The molecule has 1 heterocycles. The second-order valence-electron chi connectivity index (χ2n) is 4.72. The summed E-state index contributed by atoms with van der Waals surface area (Å²) in [6.07, 6.45) is 2.80. The Kier molecular flexibility index (Phi) is 5.41. The van der Waals surface area contributed by atoms with Crippen molar-refractivity contribution >= 4 is 11.9 Å². The summed E-state index contributed by atoms with van der Waals surface area (Å²) >= 11 is 0. The van der Waals surface area contributed by atoms with Gasteiger partial charge in [0.2, 0.25) is 0 Å². The number of hydrogen-bond acceptors (Lipinski definition) is 5. The highest BCUT2D eigenvalue weighted by Gasteiger charge is 2.14. The maximum Gasteiger partial charge on any atom is 0.359 e. The lowest BCUT2D eigenvalue weighted by Crippen LogP contribution is -2.38. The molecule has 0 aromatic carbocycles. The van der Waals surface area contributed by atoms with E-state index in [-0.39, 0.29) is 24.2 Å². The molecule has 0 bridgehead atoms. The summed E-state index contributed by atoms with van der Waals surface area (Å²) in [5.41, 5.74) is 0.801. The number of carbonyl (C=O) groups is 2. The summed E-state index contributed by atoms with van der Waals surface area (Å²) in [6.45, 7) is 7.35. The van der Waals surface area contributed by atoms with Crippen molar-refractivity contribution in [3.63, 3.8) is 0 Å². The van der Waals surface area contributed by atoms with Crippen LogP contribution in [0.4, 0.5) is 0 Å². The zero-order chi connectivity index (χ0) is 14.4. The van der Waals surface area contributed by atoms with Gasteiger partial charge in [-0.25, -0.2) is 9.78 Å². The maximum absolute atomic E-state index is 11.6. The van der Waals surface area contributed by atoms with Crippen molar-refractivity contribution in [2.45, 2.75) is 33.7 Å². The van der Waals surface area contributed by atoms with E-state index in [1.165, 1.54) is 12.4 Å². The molecule has 0 radical (unpaired) electrons. The van der Waals surface area contributed by atoms with E-state index in [4.69, 9.17) is 4.74 Å². The lowest BCUT2D eigenvalue weighted by molar-refractivity contribution is -0.125. The largest absolute Gasteiger partial charge is 0.451 e. The van der Waals surface area contributed by atoms with Gasteiger partial charge in [-0.3, -0.25) is 9.78 Å². The number of aromatic nitrogens is 2. The Hall–Kier alpha value is -1.98. The molecule has 0 fully saturated rings. The lowest BCUT2D eigenvalue weighted by atomic mass is 10.1. The smallest absolute Gasteiger partial charge is 0.359 e. The average Bonchev–Trinajstić information content (AvgIpc) is 2.36. The fourth-order valence-corrected chi connectivity index (χ4v) is 1.17. The number of nitrogens with one attached hydrogen (secondary N) is 1.